The van der Waals surface area contributed by atoms with E-state index in [1.807, 2.05) is 39.0 Å². The van der Waals surface area contributed by atoms with Gasteiger partial charge >= 0.3 is 5.97 Å². The van der Waals surface area contributed by atoms with Gasteiger partial charge in [0.1, 0.15) is 5.75 Å². The van der Waals surface area contributed by atoms with Crippen LogP contribution in [0.25, 0.3) is 0 Å². The van der Waals surface area contributed by atoms with Crippen LogP contribution in [0, 0.1) is 13.8 Å². The fraction of sp³-hybridized carbons (Fsp3) is 0.364. The largest absolute Gasteiger partial charge is 0.496 e. The van der Waals surface area contributed by atoms with Crippen molar-refractivity contribution in [1.82, 2.24) is 0 Å². The average Bonchev–Trinajstić information content (AvgIpc) is 2.68. The lowest BCUT2D eigenvalue weighted by atomic mass is 10.1. The van der Waals surface area contributed by atoms with Crippen LogP contribution in [-0.2, 0) is 20.9 Å². The molecule has 0 saturated heterocycles. The Hall–Kier alpha value is -2.86. The van der Waals surface area contributed by atoms with Crippen LogP contribution in [0.2, 0.25) is 0 Å². The normalized spacial score (nSPS) is 11.6. The molecule has 150 valence electrons. The second-order valence-corrected chi connectivity index (χ2v) is 6.52. The highest BCUT2D eigenvalue weighted by Gasteiger charge is 2.20. The van der Waals surface area contributed by atoms with E-state index in [-0.39, 0.29) is 5.91 Å². The fourth-order valence-corrected chi connectivity index (χ4v) is 2.62. The number of carbonyl (C=O) groups excluding carboxylic acids is 2. The summed E-state index contributed by atoms with van der Waals surface area (Å²) in [6, 6.07) is 10.7. The van der Waals surface area contributed by atoms with Crippen molar-refractivity contribution in [2.24, 2.45) is 0 Å². The molecule has 0 unspecified atom stereocenters. The number of nitrogens with one attached hydrogen (secondary N) is 1. The summed E-state index contributed by atoms with van der Waals surface area (Å²) < 4.78 is 16.0. The number of aryl methyl sites for hydroxylation is 2. The van der Waals surface area contributed by atoms with E-state index in [1.165, 1.54) is 0 Å². The van der Waals surface area contributed by atoms with Gasteiger partial charge in [-0.2, -0.15) is 0 Å². The van der Waals surface area contributed by atoms with Crippen molar-refractivity contribution in [2.75, 3.05) is 19.0 Å². The van der Waals surface area contributed by atoms with Gasteiger partial charge in [-0.25, -0.2) is 4.79 Å². The summed E-state index contributed by atoms with van der Waals surface area (Å²) in [6.45, 7) is 8.16. The van der Waals surface area contributed by atoms with Gasteiger partial charge in [0.25, 0.3) is 5.91 Å². The minimum Gasteiger partial charge on any atom is -0.496 e. The first-order valence-electron chi connectivity index (χ1n) is 9.19. The van der Waals surface area contributed by atoms with Crippen LogP contribution in [0.15, 0.2) is 36.4 Å². The van der Waals surface area contributed by atoms with Gasteiger partial charge in [-0.1, -0.05) is 12.1 Å². The number of benzene rings is 2. The smallest absolute Gasteiger partial charge is 0.338 e. The van der Waals surface area contributed by atoms with Crippen molar-refractivity contribution in [3.63, 3.8) is 0 Å². The minimum atomic E-state index is -0.940. The Morgan fingerprint density at radius 1 is 1.11 bits per heavy atom. The Balaban J connectivity index is 2.06. The third-order valence-corrected chi connectivity index (χ3v) is 4.28. The molecule has 0 aromatic heterocycles. The number of methoxy groups -OCH3 is 1. The number of esters is 1. The van der Waals surface area contributed by atoms with Crippen molar-refractivity contribution in [1.29, 1.82) is 0 Å². The maximum atomic E-state index is 12.5. The highest BCUT2D eigenvalue weighted by molar-refractivity contribution is 5.97. The average molecular weight is 385 g/mol. The number of hydrogen-bond acceptors (Lipinski definition) is 5. The van der Waals surface area contributed by atoms with E-state index >= 15 is 0 Å². The molecule has 6 nitrogen and oxygen atoms in total. The van der Waals surface area contributed by atoms with Crippen molar-refractivity contribution in [2.45, 2.75) is 40.4 Å². The Kier molecular flexibility index (Phi) is 7.58. The molecule has 0 aliphatic heterocycles. The Morgan fingerprint density at radius 2 is 1.86 bits per heavy atom. The molecule has 2 aromatic rings. The second-order valence-electron chi connectivity index (χ2n) is 6.52. The Morgan fingerprint density at radius 3 is 2.54 bits per heavy atom. The maximum absolute atomic E-state index is 12.5. The number of rotatable bonds is 8. The van der Waals surface area contributed by atoms with Crippen molar-refractivity contribution in [3.8, 4) is 5.75 Å². The van der Waals surface area contributed by atoms with Gasteiger partial charge in [-0.15, -0.1) is 0 Å². The standard InChI is InChI=1S/C22H27NO5/c1-6-27-13-18-12-17(9-10-20(18)26-5)22(25)28-16(4)21(24)23-19-11-14(2)7-8-15(19)3/h7-12,16H,6,13H2,1-5H3,(H,23,24)/t16-/m1/s1. The fourth-order valence-electron chi connectivity index (χ4n) is 2.62. The quantitative estimate of drug-likeness (QED) is 0.695. The van der Waals surface area contributed by atoms with Crippen LogP contribution >= 0.6 is 0 Å². The molecule has 0 aliphatic rings. The first kappa shape index (κ1) is 21.4. The van der Waals surface area contributed by atoms with Gasteiger partial charge in [0.15, 0.2) is 6.10 Å². The van der Waals surface area contributed by atoms with E-state index in [0.29, 0.717) is 30.2 Å². The van der Waals surface area contributed by atoms with E-state index < -0.39 is 12.1 Å². The molecule has 28 heavy (non-hydrogen) atoms. The van der Waals surface area contributed by atoms with Gasteiger partial charge in [0.2, 0.25) is 0 Å². The van der Waals surface area contributed by atoms with Crippen LogP contribution in [-0.4, -0.2) is 31.7 Å². The highest BCUT2D eigenvalue weighted by Crippen LogP contribution is 2.22. The number of carbonyl (C=O) groups is 2. The molecule has 0 fully saturated rings. The summed E-state index contributed by atoms with van der Waals surface area (Å²) in [4.78, 5) is 24.9. The molecule has 0 aliphatic carbocycles. The van der Waals surface area contributed by atoms with Crippen LogP contribution in [0.4, 0.5) is 5.69 Å². The van der Waals surface area contributed by atoms with Crippen molar-refractivity contribution in [3.05, 3.63) is 58.7 Å². The van der Waals surface area contributed by atoms with Gasteiger partial charge in [-0.3, -0.25) is 4.79 Å². The molecule has 1 atom stereocenters. The van der Waals surface area contributed by atoms with Crippen molar-refractivity contribution < 1.29 is 23.8 Å². The van der Waals surface area contributed by atoms with E-state index in [9.17, 15) is 9.59 Å². The molecule has 2 rings (SSSR count). The van der Waals surface area contributed by atoms with Gasteiger partial charge in [-0.05, 0) is 63.1 Å². The first-order chi connectivity index (χ1) is 13.3. The third kappa shape index (κ3) is 5.57. The summed E-state index contributed by atoms with van der Waals surface area (Å²) in [5, 5.41) is 2.81. The molecule has 0 bridgehead atoms. The number of anilines is 1. The van der Waals surface area contributed by atoms with Crippen LogP contribution in [0.3, 0.4) is 0 Å². The summed E-state index contributed by atoms with van der Waals surface area (Å²) in [5.74, 6) is -0.333. The Labute approximate surface area is 165 Å². The van der Waals surface area contributed by atoms with Crippen molar-refractivity contribution >= 4 is 17.6 Å². The molecular formula is C22H27NO5. The zero-order chi connectivity index (χ0) is 20.7. The first-order valence-corrected chi connectivity index (χ1v) is 9.19. The molecule has 1 amide bonds. The van der Waals surface area contributed by atoms with E-state index in [0.717, 1.165) is 16.7 Å². The Bertz CT molecular complexity index is 847. The molecule has 2 aromatic carbocycles. The topological polar surface area (TPSA) is 73.9 Å². The maximum Gasteiger partial charge on any atom is 0.338 e. The lowest BCUT2D eigenvalue weighted by Crippen LogP contribution is -2.30. The number of hydrogen-bond donors (Lipinski definition) is 1. The predicted octanol–water partition coefficient (Wildman–Crippen LogP) is 4.03. The molecule has 0 radical (unpaired) electrons. The summed E-state index contributed by atoms with van der Waals surface area (Å²) >= 11 is 0. The number of amides is 1. The third-order valence-electron chi connectivity index (χ3n) is 4.28. The molecular weight excluding hydrogens is 358 g/mol. The summed E-state index contributed by atoms with van der Waals surface area (Å²) in [7, 11) is 1.56. The zero-order valence-corrected chi connectivity index (χ0v) is 17.0. The van der Waals surface area contributed by atoms with E-state index in [4.69, 9.17) is 14.2 Å². The monoisotopic (exact) mass is 385 g/mol. The van der Waals surface area contributed by atoms with Crippen LogP contribution < -0.4 is 10.1 Å². The summed E-state index contributed by atoms with van der Waals surface area (Å²) in [5.41, 5.74) is 3.75. The predicted molar refractivity (Wildman–Crippen MR) is 108 cm³/mol. The summed E-state index contributed by atoms with van der Waals surface area (Å²) in [6.07, 6.45) is -0.940. The highest BCUT2D eigenvalue weighted by atomic mass is 16.5. The molecule has 0 heterocycles. The lowest BCUT2D eigenvalue weighted by Gasteiger charge is -2.16. The molecule has 1 N–H and O–H groups in total. The van der Waals surface area contributed by atoms with Gasteiger partial charge < -0.3 is 19.5 Å². The minimum absolute atomic E-state index is 0.323. The molecule has 0 spiro atoms. The second kappa shape index (κ2) is 9.90. The van der Waals surface area contributed by atoms with E-state index in [1.54, 1.807) is 32.2 Å². The lowest BCUT2D eigenvalue weighted by molar-refractivity contribution is -0.123. The number of ether oxygens (including phenoxy) is 3. The van der Waals surface area contributed by atoms with Gasteiger partial charge in [0, 0.05) is 17.9 Å². The van der Waals surface area contributed by atoms with Crippen LogP contribution in [0.5, 0.6) is 5.75 Å². The van der Waals surface area contributed by atoms with Gasteiger partial charge in [0.05, 0.1) is 19.3 Å². The SMILES string of the molecule is CCOCc1cc(C(=O)O[C@H](C)C(=O)Nc2cc(C)ccc2C)ccc1OC. The molecule has 6 heteroatoms. The van der Waals surface area contributed by atoms with E-state index in [2.05, 4.69) is 5.32 Å². The zero-order valence-electron chi connectivity index (χ0n) is 17.0. The van der Waals surface area contributed by atoms with Crippen LogP contribution in [0.1, 0.15) is 40.9 Å². The molecule has 0 saturated carbocycles.